The van der Waals surface area contributed by atoms with Crippen molar-refractivity contribution < 1.29 is 29.3 Å². The van der Waals surface area contributed by atoms with E-state index in [1.807, 2.05) is 0 Å². The molecule has 0 saturated carbocycles. The maximum absolute atomic E-state index is 12.2. The molecule has 0 aromatic heterocycles. The third-order valence-corrected chi connectivity index (χ3v) is 4.35. The molecule has 3 N–H and O–H groups in total. The molecule has 0 aliphatic carbocycles. The van der Waals surface area contributed by atoms with Gasteiger partial charge < -0.3 is 25.0 Å². The first kappa shape index (κ1) is 23.3. The van der Waals surface area contributed by atoms with Crippen LogP contribution < -0.4 is 14.8 Å². The number of carbonyl (C=O) groups excluding carboxylic acids is 1. The molecule has 2 aromatic carbocycles. The van der Waals surface area contributed by atoms with Crippen molar-refractivity contribution in [2.75, 3.05) is 19.0 Å². The molecule has 0 atom stereocenters. The number of benzene rings is 2. The molecule has 0 spiro atoms. The lowest BCUT2D eigenvalue weighted by atomic mass is 10.1. The molecule has 7 nitrogen and oxygen atoms in total. The average Bonchev–Trinajstić information content (AvgIpc) is 2.72. The summed E-state index contributed by atoms with van der Waals surface area (Å²) in [5.41, 5.74) is 2.15. The van der Waals surface area contributed by atoms with Crippen LogP contribution in [0.4, 0.5) is 5.69 Å². The van der Waals surface area contributed by atoms with Gasteiger partial charge in [0.25, 0.3) is 0 Å². The summed E-state index contributed by atoms with van der Waals surface area (Å²) >= 11 is 0. The highest BCUT2D eigenvalue weighted by Gasteiger charge is 2.11. The quantitative estimate of drug-likeness (QED) is 0.303. The van der Waals surface area contributed by atoms with Crippen LogP contribution in [0.2, 0.25) is 0 Å². The number of amides is 1. The highest BCUT2D eigenvalue weighted by atomic mass is 16.5. The first-order valence-corrected chi connectivity index (χ1v) is 9.39. The Bertz CT molecular complexity index is 1050. The number of carboxylic acids is 1. The maximum Gasteiger partial charge on any atom is 0.337 e. The van der Waals surface area contributed by atoms with Crippen molar-refractivity contribution in [3.05, 3.63) is 83.2 Å². The van der Waals surface area contributed by atoms with Crippen LogP contribution in [0.1, 0.15) is 29.8 Å². The topological polar surface area (TPSA) is 105 Å². The zero-order valence-corrected chi connectivity index (χ0v) is 17.6. The molecule has 0 bridgehead atoms. The number of hydrogen-bond acceptors (Lipinski definition) is 5. The van der Waals surface area contributed by atoms with E-state index >= 15 is 0 Å². The Morgan fingerprint density at radius 3 is 2.42 bits per heavy atom. The van der Waals surface area contributed by atoms with Crippen LogP contribution in [0.25, 0.3) is 6.08 Å². The molecule has 0 radical (unpaired) electrons. The normalized spacial score (nSPS) is 11.6. The van der Waals surface area contributed by atoms with E-state index in [2.05, 4.69) is 11.9 Å². The van der Waals surface area contributed by atoms with Crippen LogP contribution in [0.15, 0.2) is 72.0 Å². The fourth-order valence-corrected chi connectivity index (χ4v) is 2.72. The van der Waals surface area contributed by atoms with Gasteiger partial charge in [0.05, 0.1) is 24.1 Å². The van der Waals surface area contributed by atoms with Crippen molar-refractivity contribution in [3.8, 4) is 11.5 Å². The van der Waals surface area contributed by atoms with Crippen molar-refractivity contribution in [2.45, 2.75) is 13.8 Å². The number of aliphatic hydroxyl groups is 1. The van der Waals surface area contributed by atoms with Crippen LogP contribution in [0.3, 0.4) is 0 Å². The van der Waals surface area contributed by atoms with Gasteiger partial charge in [0.15, 0.2) is 11.5 Å². The second-order valence-corrected chi connectivity index (χ2v) is 6.72. The van der Waals surface area contributed by atoms with Gasteiger partial charge in [-0.15, -0.1) is 0 Å². The van der Waals surface area contributed by atoms with Crippen LogP contribution in [0, 0.1) is 0 Å². The molecule has 0 saturated heterocycles. The smallest absolute Gasteiger partial charge is 0.337 e. The number of rotatable bonds is 9. The minimum atomic E-state index is -1.13. The van der Waals surface area contributed by atoms with Gasteiger partial charge in [-0.25, -0.2) is 4.79 Å². The summed E-state index contributed by atoms with van der Waals surface area (Å²) in [6, 6.07) is 11.3. The molecule has 7 heteroatoms. The number of aromatic carboxylic acids is 1. The second-order valence-electron chi connectivity index (χ2n) is 6.72. The first-order valence-electron chi connectivity index (χ1n) is 9.39. The van der Waals surface area contributed by atoms with E-state index in [1.165, 1.54) is 25.3 Å². The van der Waals surface area contributed by atoms with E-state index in [0.29, 0.717) is 28.2 Å². The van der Waals surface area contributed by atoms with E-state index < -0.39 is 11.9 Å². The van der Waals surface area contributed by atoms with Gasteiger partial charge in [-0.2, -0.15) is 0 Å². The van der Waals surface area contributed by atoms with Gasteiger partial charge in [-0.1, -0.05) is 24.8 Å². The minimum Gasteiger partial charge on any atom is -0.512 e. The van der Waals surface area contributed by atoms with Crippen molar-refractivity contribution in [1.29, 1.82) is 0 Å². The monoisotopic (exact) mass is 423 g/mol. The third-order valence-electron chi connectivity index (χ3n) is 4.35. The number of methoxy groups -OCH3 is 1. The lowest BCUT2D eigenvalue weighted by molar-refractivity contribution is -0.111. The first-order chi connectivity index (χ1) is 14.7. The van der Waals surface area contributed by atoms with E-state index in [-0.39, 0.29) is 23.6 Å². The molecule has 162 valence electrons. The number of para-hydroxylation sites is 1. The zero-order chi connectivity index (χ0) is 23.0. The Labute approximate surface area is 180 Å². The largest absolute Gasteiger partial charge is 0.512 e. The SMILES string of the molecule is C=C(C)/C(COc1cc(/C=C/C(=O)Nc2ccccc2C(=O)O)ccc1OC)=C(/C)O. The van der Waals surface area contributed by atoms with Crippen molar-refractivity contribution in [3.63, 3.8) is 0 Å². The van der Waals surface area contributed by atoms with Gasteiger partial charge >= 0.3 is 5.97 Å². The lowest BCUT2D eigenvalue weighted by Crippen LogP contribution is -2.11. The second kappa shape index (κ2) is 10.7. The van der Waals surface area contributed by atoms with E-state index in [1.54, 1.807) is 50.3 Å². The summed E-state index contributed by atoms with van der Waals surface area (Å²) in [5.74, 6) is -0.552. The van der Waals surface area contributed by atoms with E-state index in [4.69, 9.17) is 9.47 Å². The number of nitrogens with one attached hydrogen (secondary N) is 1. The molecular formula is C24H25NO6. The summed E-state index contributed by atoms with van der Waals surface area (Å²) in [6.07, 6.45) is 2.86. The Morgan fingerprint density at radius 2 is 1.81 bits per heavy atom. The fourth-order valence-electron chi connectivity index (χ4n) is 2.72. The number of hydrogen-bond donors (Lipinski definition) is 3. The molecule has 2 rings (SSSR count). The van der Waals surface area contributed by atoms with Crippen molar-refractivity contribution in [2.24, 2.45) is 0 Å². The summed E-state index contributed by atoms with van der Waals surface area (Å²) in [5, 5.41) is 21.5. The molecular weight excluding hydrogens is 398 g/mol. The van der Waals surface area contributed by atoms with Crippen molar-refractivity contribution >= 4 is 23.6 Å². The molecule has 31 heavy (non-hydrogen) atoms. The van der Waals surface area contributed by atoms with Gasteiger partial charge in [0.2, 0.25) is 5.91 Å². The zero-order valence-electron chi connectivity index (χ0n) is 17.6. The predicted octanol–water partition coefficient (Wildman–Crippen LogP) is 4.83. The molecule has 0 fully saturated rings. The number of carboxylic acid groups (broad SMARTS) is 1. The van der Waals surface area contributed by atoms with Gasteiger partial charge in [-0.3, -0.25) is 4.79 Å². The van der Waals surface area contributed by atoms with Gasteiger partial charge in [0, 0.05) is 11.6 Å². The van der Waals surface area contributed by atoms with Crippen molar-refractivity contribution in [1.82, 2.24) is 0 Å². The number of ether oxygens (including phenoxy) is 2. The standard InChI is InChI=1S/C24H25NO6/c1-15(2)19(16(3)26)14-31-22-13-17(9-11-21(22)30-4)10-12-23(27)25-20-8-6-5-7-18(20)24(28)29/h5-13,26H,1,14H2,2-4H3,(H,25,27)(H,28,29)/b12-10+,19-16-. The van der Waals surface area contributed by atoms with Gasteiger partial charge in [-0.05, 0) is 55.3 Å². The Kier molecular flexibility index (Phi) is 8.02. The summed E-state index contributed by atoms with van der Waals surface area (Å²) < 4.78 is 11.1. The maximum atomic E-state index is 12.2. The summed E-state index contributed by atoms with van der Waals surface area (Å²) in [4.78, 5) is 23.5. The molecule has 2 aromatic rings. The molecule has 0 aliphatic rings. The molecule has 0 heterocycles. The minimum absolute atomic E-state index is 0.00457. The van der Waals surface area contributed by atoms with Crippen LogP contribution in [-0.4, -0.2) is 35.8 Å². The Morgan fingerprint density at radius 1 is 1.10 bits per heavy atom. The van der Waals surface area contributed by atoms with Crippen LogP contribution in [0.5, 0.6) is 11.5 Å². The number of anilines is 1. The number of aliphatic hydroxyl groups excluding tert-OH is 1. The Balaban J connectivity index is 2.16. The highest BCUT2D eigenvalue weighted by molar-refractivity contribution is 6.06. The van der Waals surface area contributed by atoms with E-state index in [0.717, 1.165) is 0 Å². The fraction of sp³-hybridized carbons (Fsp3) is 0.167. The van der Waals surface area contributed by atoms with Crippen LogP contribution in [-0.2, 0) is 4.79 Å². The van der Waals surface area contributed by atoms with Gasteiger partial charge in [0.1, 0.15) is 6.61 Å². The molecule has 1 amide bonds. The molecule has 0 aliphatic heterocycles. The third kappa shape index (κ3) is 6.50. The van der Waals surface area contributed by atoms with E-state index in [9.17, 15) is 19.8 Å². The number of allylic oxidation sites excluding steroid dienone is 1. The average molecular weight is 423 g/mol. The van der Waals surface area contributed by atoms with Crippen LogP contribution >= 0.6 is 0 Å². The Hall–Kier alpha value is -4.00. The summed E-state index contributed by atoms with van der Waals surface area (Å²) in [6.45, 7) is 7.27. The predicted molar refractivity (Wildman–Crippen MR) is 120 cm³/mol. The number of carbonyl (C=O) groups is 2. The highest BCUT2D eigenvalue weighted by Crippen LogP contribution is 2.29. The summed E-state index contributed by atoms with van der Waals surface area (Å²) in [7, 11) is 1.51. The molecule has 0 unspecified atom stereocenters. The lowest BCUT2D eigenvalue weighted by Gasteiger charge is -2.14.